The van der Waals surface area contributed by atoms with Crippen LogP contribution in [0, 0.1) is 11.8 Å². The molecule has 5 aliphatic rings. The minimum Gasteiger partial charge on any atom is -0.497 e. The van der Waals surface area contributed by atoms with Crippen molar-refractivity contribution in [3.63, 3.8) is 0 Å². The van der Waals surface area contributed by atoms with Crippen LogP contribution in [0.1, 0.15) is 195 Å². The molecule has 6 aromatic carbocycles. The molecule has 106 heavy (non-hydrogen) atoms. The van der Waals surface area contributed by atoms with Crippen molar-refractivity contribution < 1.29 is 29.0 Å². The number of hydrogen-bond donors (Lipinski definition) is 5. The Kier molecular flexibility index (Phi) is 24.9. The Hall–Kier alpha value is -9.04. The van der Waals surface area contributed by atoms with Crippen LogP contribution in [0.2, 0.25) is 25.1 Å². The maximum absolute atomic E-state index is 13.7. The van der Waals surface area contributed by atoms with Gasteiger partial charge in [0.05, 0.1) is 71.4 Å². The Balaban J connectivity index is 0.000000142. The van der Waals surface area contributed by atoms with Crippen LogP contribution < -0.4 is 25.5 Å². The summed E-state index contributed by atoms with van der Waals surface area (Å²) in [5.74, 6) is 2.64. The second kappa shape index (κ2) is 35.1. The highest BCUT2D eigenvalue weighted by molar-refractivity contribution is 6.36. The molecule has 0 spiro atoms. The second-order valence-electron chi connectivity index (χ2n) is 27.8. The molecule has 2 fully saturated rings. The number of methoxy groups -OCH3 is 2. The molecule has 10 aromatic rings. The van der Waals surface area contributed by atoms with Crippen LogP contribution >= 0.6 is 58.0 Å². The van der Waals surface area contributed by atoms with Gasteiger partial charge in [-0.1, -0.05) is 144 Å². The van der Waals surface area contributed by atoms with Gasteiger partial charge in [0.2, 0.25) is 0 Å². The van der Waals surface area contributed by atoms with Gasteiger partial charge < -0.3 is 25.2 Å². The number of benzene rings is 6. The van der Waals surface area contributed by atoms with Crippen molar-refractivity contribution in [3.8, 4) is 22.9 Å². The van der Waals surface area contributed by atoms with Crippen molar-refractivity contribution in [2.75, 3.05) is 33.9 Å². The average molecular weight is 1520 g/mol. The van der Waals surface area contributed by atoms with Crippen LogP contribution in [-0.2, 0) is 25.7 Å². The number of aromatic amines is 1. The fourth-order valence-electron chi connectivity index (χ4n) is 15.4. The SMILES string of the molecule is COc1ccc(/C=C2\CCCCc3c(C(=O)NN4CC5CCCC5C4)nn(-c4ccc(Cl)cc4Cl)c32)cc1.COc1ccc(/C=C2\CCCCc3c(C(=O)N[C@H](C)c4ccccn4)nn(-c4ccc(Cl)cc4Cl)c32)cc1.O=C(N[C@@H](CO)c1ccccc1)c1n[nH]c2c1CCCC[C@H]2Cc1cccc(Cl)c1. The first kappa shape index (κ1) is 75.2. The summed E-state index contributed by atoms with van der Waals surface area (Å²) in [5.41, 5.74) is 18.9. The van der Waals surface area contributed by atoms with Crippen molar-refractivity contribution >= 4 is 99.0 Å². The van der Waals surface area contributed by atoms with E-state index in [0.717, 1.165) is 180 Å². The summed E-state index contributed by atoms with van der Waals surface area (Å²) in [6.07, 6.45) is 22.0. The van der Waals surface area contributed by atoms with E-state index in [1.807, 2.05) is 145 Å². The maximum atomic E-state index is 13.7. The smallest absolute Gasteiger partial charge is 0.286 e. The molecule has 22 heteroatoms. The molecule has 5 heterocycles. The predicted molar refractivity (Wildman–Crippen MR) is 422 cm³/mol. The predicted octanol–water partition coefficient (Wildman–Crippen LogP) is 18.8. The number of amides is 3. The normalized spacial score (nSPS) is 18.2. The van der Waals surface area contributed by atoms with E-state index in [2.05, 4.69) is 54.5 Å². The number of aliphatic hydroxyl groups excluding tert-OH is 1. The number of aliphatic hydroxyl groups is 1. The summed E-state index contributed by atoms with van der Waals surface area (Å²) >= 11 is 31.9. The fraction of sp³-hybridized carbons (Fsp3) is 0.321. The lowest BCUT2D eigenvalue weighted by atomic mass is 9.91. The van der Waals surface area contributed by atoms with Gasteiger partial charge in [-0.3, -0.25) is 29.9 Å². The van der Waals surface area contributed by atoms with E-state index >= 15 is 0 Å². The molecule has 548 valence electrons. The molecule has 2 unspecified atom stereocenters. The maximum Gasteiger partial charge on any atom is 0.286 e. The first-order valence-electron chi connectivity index (χ1n) is 36.5. The van der Waals surface area contributed by atoms with Crippen LogP contribution in [0.4, 0.5) is 0 Å². The van der Waals surface area contributed by atoms with Crippen LogP contribution in [0.5, 0.6) is 11.5 Å². The Morgan fingerprint density at radius 3 is 1.65 bits per heavy atom. The Labute approximate surface area is 643 Å². The Morgan fingerprint density at radius 2 is 1.10 bits per heavy atom. The van der Waals surface area contributed by atoms with E-state index in [4.69, 9.17) is 77.7 Å². The summed E-state index contributed by atoms with van der Waals surface area (Å²) in [6.45, 7) is 3.59. The van der Waals surface area contributed by atoms with Gasteiger partial charge in [-0.25, -0.2) is 14.4 Å². The van der Waals surface area contributed by atoms with E-state index in [-0.39, 0.29) is 36.3 Å². The highest BCUT2D eigenvalue weighted by Crippen LogP contribution is 2.42. The van der Waals surface area contributed by atoms with Crippen molar-refractivity contribution in [2.45, 2.75) is 128 Å². The number of carbonyl (C=O) groups excluding carboxylic acids is 3. The standard InChI is InChI=1S/C30H32Cl2N4O2.C30H28Cl2N4O2.C24H26ClN3O2/c1-38-24-12-9-19(10-13-24)15-20-5-2-3-8-25-28(30(37)34-35-17-21-6-4-7-22(21)18-35)33-36(29(20)25)27-14-11-23(31)16-26(27)32;1-19(26-9-5-6-16-33-26)34-30(37)28-24-8-4-3-7-21(17-20-10-13-23(38-2)14-11-20)29(24)36(35-28)27-15-12-22(31)18-25(27)32;25-19-11-6-7-16(14-19)13-18-10-4-5-12-20-22(18)27-28-23(20)24(30)26-21(15-29)17-8-2-1-3-9-17/h9-16,21-22H,2-8,17-18H2,1H3,(H,34,37);5-6,9-19H,3-4,7-8H2,1-2H3,(H,34,37);1-3,6-9,11,14,18,21,29H,4-5,10,12-13,15H2,(H,26,30)(H,27,28)/b20-15+;21-17+;/t;19-;18-,21-/m.10/s1. The van der Waals surface area contributed by atoms with Crippen molar-refractivity contribution in [2.24, 2.45) is 11.8 Å². The van der Waals surface area contributed by atoms with E-state index in [0.29, 0.717) is 60.4 Å². The van der Waals surface area contributed by atoms with Gasteiger partial charge in [0.1, 0.15) is 11.5 Å². The van der Waals surface area contributed by atoms with Crippen molar-refractivity contribution in [3.05, 3.63) is 268 Å². The summed E-state index contributed by atoms with van der Waals surface area (Å²) in [6, 6.07) is 49.0. The molecule has 5 N–H and O–H groups in total. The molecule has 1 saturated carbocycles. The lowest BCUT2D eigenvalue weighted by Gasteiger charge is -2.17. The lowest BCUT2D eigenvalue weighted by molar-refractivity contribution is 0.0806. The number of aromatic nitrogens is 7. The molecule has 4 aliphatic carbocycles. The number of allylic oxidation sites excluding steroid dienone is 2. The molecule has 3 amide bonds. The van der Waals surface area contributed by atoms with Gasteiger partial charge in [0.25, 0.3) is 17.7 Å². The fourth-order valence-corrected chi connectivity index (χ4v) is 16.6. The Bertz CT molecular complexity index is 4800. The first-order chi connectivity index (χ1) is 51.6. The Morgan fingerprint density at radius 1 is 0.566 bits per heavy atom. The molecule has 0 radical (unpaired) electrons. The molecule has 1 saturated heterocycles. The quantitative estimate of drug-likeness (QED) is 0.0542. The number of pyridine rings is 1. The number of nitrogens with one attached hydrogen (secondary N) is 4. The van der Waals surface area contributed by atoms with Crippen LogP contribution in [0.25, 0.3) is 34.7 Å². The minimum absolute atomic E-state index is 0.143. The number of halogens is 5. The number of fused-ring (bicyclic) bond motifs is 4. The highest BCUT2D eigenvalue weighted by atomic mass is 35.5. The van der Waals surface area contributed by atoms with Gasteiger partial charge in [-0.05, 0) is 239 Å². The van der Waals surface area contributed by atoms with Crippen LogP contribution in [-0.4, -0.2) is 96.5 Å². The zero-order valence-corrected chi connectivity index (χ0v) is 63.4. The van der Waals surface area contributed by atoms with E-state index in [1.165, 1.54) is 24.8 Å². The van der Waals surface area contributed by atoms with Crippen molar-refractivity contribution in [1.82, 2.24) is 55.8 Å². The minimum atomic E-state index is -0.459. The first-order valence-corrected chi connectivity index (χ1v) is 38.4. The molecule has 0 bridgehead atoms. The average Bonchev–Trinajstić information content (AvgIpc) is 1.61. The second-order valence-corrected chi connectivity index (χ2v) is 29.9. The number of H-pyrrole nitrogens is 1. The van der Waals surface area contributed by atoms with Gasteiger partial charge >= 0.3 is 0 Å². The summed E-state index contributed by atoms with van der Waals surface area (Å²) in [5, 5.41) is 38.0. The molecule has 15 rings (SSSR count). The number of ether oxygens (including phenoxy) is 2. The zero-order chi connectivity index (χ0) is 73.8. The third-order valence-electron chi connectivity index (χ3n) is 20.7. The lowest BCUT2D eigenvalue weighted by Crippen LogP contribution is -2.41. The zero-order valence-electron chi connectivity index (χ0n) is 59.6. The molecule has 17 nitrogen and oxygen atoms in total. The summed E-state index contributed by atoms with van der Waals surface area (Å²) in [7, 11) is 3.32. The third kappa shape index (κ3) is 17.8. The van der Waals surface area contributed by atoms with Crippen LogP contribution in [0.15, 0.2) is 164 Å². The molecule has 1 aliphatic heterocycles. The topological polar surface area (TPSA) is 206 Å². The third-order valence-corrected chi connectivity index (χ3v) is 22.0. The summed E-state index contributed by atoms with van der Waals surface area (Å²) < 4.78 is 14.3. The highest BCUT2D eigenvalue weighted by Gasteiger charge is 2.38. The molecular formula is C84H86Cl5N11O6. The number of rotatable bonds is 17. The van der Waals surface area contributed by atoms with Crippen LogP contribution in [0.3, 0.4) is 0 Å². The van der Waals surface area contributed by atoms with Crippen molar-refractivity contribution in [1.29, 1.82) is 0 Å². The van der Waals surface area contributed by atoms with Gasteiger partial charge in [0.15, 0.2) is 17.1 Å². The number of carbonyl (C=O) groups is 3. The molecular weight excluding hydrogens is 1440 g/mol. The number of hydrazine groups is 1. The van der Waals surface area contributed by atoms with E-state index in [9.17, 15) is 19.5 Å². The molecule has 4 aromatic heterocycles. The summed E-state index contributed by atoms with van der Waals surface area (Å²) in [4.78, 5) is 44.7. The largest absolute Gasteiger partial charge is 0.497 e. The molecule has 5 atom stereocenters. The van der Waals surface area contributed by atoms with Gasteiger partial charge in [-0.15, -0.1) is 0 Å². The van der Waals surface area contributed by atoms with Gasteiger partial charge in [-0.2, -0.15) is 15.3 Å². The number of nitrogens with zero attached hydrogens (tertiary/aromatic N) is 7. The van der Waals surface area contributed by atoms with E-state index in [1.54, 1.807) is 43.3 Å². The van der Waals surface area contributed by atoms with E-state index < -0.39 is 6.04 Å². The number of hydrogen-bond acceptors (Lipinski definition) is 11. The van der Waals surface area contributed by atoms with Gasteiger partial charge in [0, 0.05) is 62.7 Å². The monoisotopic (exact) mass is 1520 g/mol.